The van der Waals surface area contributed by atoms with E-state index in [4.69, 9.17) is 16.3 Å². The lowest BCUT2D eigenvalue weighted by Crippen LogP contribution is -2.31. The van der Waals surface area contributed by atoms with E-state index < -0.39 is 11.9 Å². The maximum absolute atomic E-state index is 11.8. The smallest absolute Gasteiger partial charge is 0.367 e. The Morgan fingerprint density at radius 3 is 2.77 bits per heavy atom. The van der Waals surface area contributed by atoms with E-state index in [0.717, 1.165) is 5.56 Å². The highest BCUT2D eigenvalue weighted by molar-refractivity contribution is 8.13. The van der Waals surface area contributed by atoms with Crippen molar-refractivity contribution >= 4 is 45.9 Å². The van der Waals surface area contributed by atoms with Crippen LogP contribution in [0.25, 0.3) is 0 Å². The molecule has 0 aromatic heterocycles. The van der Waals surface area contributed by atoms with Gasteiger partial charge in [0.25, 0.3) is 0 Å². The molecule has 5 nitrogen and oxygen atoms in total. The first kappa shape index (κ1) is 16.7. The first-order valence-corrected chi connectivity index (χ1v) is 7.92. The van der Waals surface area contributed by atoms with Crippen molar-refractivity contribution in [1.29, 1.82) is 0 Å². The molecule has 22 heavy (non-hydrogen) atoms. The molecule has 0 spiro atoms. The number of Topliss-reactive ketones (excluding diaryl/α,β-unsaturated/α-hetero) is 1. The van der Waals surface area contributed by atoms with E-state index in [0.29, 0.717) is 27.3 Å². The fraction of sp³-hybridized carbons (Fsp3) is 0.333. The minimum Gasteiger partial charge on any atom is -0.496 e. The molecule has 0 saturated heterocycles. The van der Waals surface area contributed by atoms with Crippen LogP contribution in [0.4, 0.5) is 4.79 Å². The Morgan fingerprint density at radius 1 is 1.41 bits per heavy atom. The molecule has 2 rings (SSSR count). The van der Waals surface area contributed by atoms with Crippen LogP contribution in [0, 0.1) is 5.92 Å². The van der Waals surface area contributed by atoms with Gasteiger partial charge in [-0.2, -0.15) is 4.99 Å². The van der Waals surface area contributed by atoms with Gasteiger partial charge in [-0.25, -0.2) is 9.79 Å². The van der Waals surface area contributed by atoms with Gasteiger partial charge < -0.3 is 4.74 Å². The molecule has 0 bridgehead atoms. The molecular weight excluding hydrogens is 324 g/mol. The summed E-state index contributed by atoms with van der Waals surface area (Å²) in [7, 11) is 1.58. The van der Waals surface area contributed by atoms with Crippen LogP contribution in [-0.2, 0) is 10.5 Å². The van der Waals surface area contributed by atoms with Gasteiger partial charge in [0.1, 0.15) is 17.5 Å². The quantitative estimate of drug-likeness (QED) is 0.837. The summed E-state index contributed by atoms with van der Waals surface area (Å²) < 4.78 is 5.29. The summed E-state index contributed by atoms with van der Waals surface area (Å²) in [4.78, 5) is 30.9. The largest absolute Gasteiger partial charge is 0.496 e. The number of urea groups is 1. The van der Waals surface area contributed by atoms with E-state index in [1.54, 1.807) is 32.2 Å². The van der Waals surface area contributed by atoms with Gasteiger partial charge in [-0.3, -0.25) is 4.79 Å². The second-order valence-electron chi connectivity index (χ2n) is 4.77. The predicted octanol–water partition coefficient (Wildman–Crippen LogP) is 3.78. The van der Waals surface area contributed by atoms with E-state index in [1.807, 2.05) is 0 Å². The normalized spacial score (nSPS) is 17.8. The zero-order valence-corrected chi connectivity index (χ0v) is 14.0. The number of thioether (sulfide) groups is 1. The predicted molar refractivity (Wildman–Crippen MR) is 89.4 cm³/mol. The molecule has 1 aliphatic heterocycles. The molecule has 7 heteroatoms. The van der Waals surface area contributed by atoms with Gasteiger partial charge in [0.15, 0.2) is 0 Å². The van der Waals surface area contributed by atoms with Crippen molar-refractivity contribution in [2.75, 3.05) is 7.11 Å². The number of nitrogens with zero attached hydrogens (tertiary/aromatic N) is 2. The molecule has 1 aromatic carbocycles. The van der Waals surface area contributed by atoms with Crippen LogP contribution in [0.5, 0.6) is 5.75 Å². The third-order valence-electron chi connectivity index (χ3n) is 3.17. The van der Waals surface area contributed by atoms with Crippen molar-refractivity contribution in [3.05, 3.63) is 28.8 Å². The van der Waals surface area contributed by atoms with E-state index >= 15 is 0 Å². The summed E-state index contributed by atoms with van der Waals surface area (Å²) in [5.41, 5.74) is 1.35. The zero-order chi connectivity index (χ0) is 16.3. The molecule has 0 radical (unpaired) electrons. The van der Waals surface area contributed by atoms with Crippen LogP contribution in [-0.4, -0.2) is 29.7 Å². The highest BCUT2D eigenvalue weighted by atomic mass is 35.5. The number of amides is 2. The fourth-order valence-electron chi connectivity index (χ4n) is 2.17. The molecule has 1 aliphatic rings. The maximum atomic E-state index is 11.8. The minimum atomic E-state index is -0.574. The lowest BCUT2D eigenvalue weighted by molar-refractivity contribution is -0.117. The number of hydrogen-bond donors (Lipinski definition) is 0. The summed E-state index contributed by atoms with van der Waals surface area (Å²) in [5, 5.41) is 1.06. The van der Waals surface area contributed by atoms with Crippen molar-refractivity contribution in [2.24, 2.45) is 15.9 Å². The van der Waals surface area contributed by atoms with Gasteiger partial charge in [-0.15, -0.1) is 11.8 Å². The molecule has 0 fully saturated rings. The lowest BCUT2D eigenvalue weighted by atomic mass is 10.0. The molecule has 2 amide bonds. The van der Waals surface area contributed by atoms with Gasteiger partial charge in [0, 0.05) is 22.1 Å². The Bertz CT molecular complexity index is 685. The number of rotatable bonds is 4. The van der Waals surface area contributed by atoms with Crippen LogP contribution >= 0.6 is 23.4 Å². The zero-order valence-electron chi connectivity index (χ0n) is 12.4. The highest BCUT2D eigenvalue weighted by Crippen LogP contribution is 2.30. The summed E-state index contributed by atoms with van der Waals surface area (Å²) in [6.45, 7) is 3.13. The number of halogens is 1. The highest BCUT2D eigenvalue weighted by Gasteiger charge is 2.29. The Labute approximate surface area is 137 Å². The first-order chi connectivity index (χ1) is 10.4. The second-order valence-corrected chi connectivity index (χ2v) is 6.21. The molecule has 0 aliphatic carbocycles. The average molecular weight is 339 g/mol. The molecular formula is C15H15ClN2O3S. The number of aliphatic imine (C=N–C) groups is 2. The molecule has 1 heterocycles. The fourth-order valence-corrected chi connectivity index (χ4v) is 3.54. The number of ketones is 1. The van der Waals surface area contributed by atoms with Gasteiger partial charge >= 0.3 is 6.03 Å². The monoisotopic (exact) mass is 338 g/mol. The Hall–Kier alpha value is -1.66. The van der Waals surface area contributed by atoms with E-state index in [-0.39, 0.29) is 5.78 Å². The van der Waals surface area contributed by atoms with E-state index in [2.05, 4.69) is 9.98 Å². The summed E-state index contributed by atoms with van der Waals surface area (Å²) in [6.07, 6.45) is 0. The SMILES string of the molecule is COc1ccc(Cl)cc1CSC1=NC(=O)N=C(C)C1C(C)=O. The standard InChI is InChI=1S/C15H15ClN2O3S/c1-8-13(9(2)19)14(18-15(20)17-8)22-7-10-6-11(16)4-5-12(10)21-3/h4-6,13H,7H2,1-3H3. The number of carbonyl (C=O) groups excluding carboxylic acids is 2. The van der Waals surface area contributed by atoms with Crippen LogP contribution < -0.4 is 4.74 Å². The molecule has 1 aromatic rings. The summed E-state index contributed by atoms with van der Waals surface area (Å²) in [6, 6.07) is 4.74. The van der Waals surface area contributed by atoms with Crippen LogP contribution in [0.2, 0.25) is 5.02 Å². The molecule has 1 unspecified atom stereocenters. The summed E-state index contributed by atoms with van der Waals surface area (Å²) in [5.74, 6) is 0.558. The second kappa shape index (κ2) is 7.07. The number of hydrogen-bond acceptors (Lipinski definition) is 4. The molecule has 0 N–H and O–H groups in total. The van der Waals surface area contributed by atoms with Gasteiger partial charge in [-0.05, 0) is 32.0 Å². The Balaban J connectivity index is 2.21. The van der Waals surface area contributed by atoms with Gasteiger partial charge in [0.05, 0.1) is 12.2 Å². The van der Waals surface area contributed by atoms with Crippen molar-refractivity contribution in [1.82, 2.24) is 0 Å². The van der Waals surface area contributed by atoms with Crippen molar-refractivity contribution in [3.63, 3.8) is 0 Å². The topological polar surface area (TPSA) is 68.1 Å². The number of benzene rings is 1. The molecule has 0 saturated carbocycles. The first-order valence-electron chi connectivity index (χ1n) is 6.55. The van der Waals surface area contributed by atoms with E-state index in [1.165, 1.54) is 18.7 Å². The minimum absolute atomic E-state index is 0.0851. The third kappa shape index (κ3) is 3.75. The number of methoxy groups -OCH3 is 1. The van der Waals surface area contributed by atoms with Crippen LogP contribution in [0.15, 0.2) is 28.2 Å². The molecule has 116 valence electrons. The number of ether oxygens (including phenoxy) is 1. The lowest BCUT2D eigenvalue weighted by Gasteiger charge is -2.19. The summed E-state index contributed by atoms with van der Waals surface area (Å²) >= 11 is 7.32. The van der Waals surface area contributed by atoms with Crippen molar-refractivity contribution < 1.29 is 14.3 Å². The Morgan fingerprint density at radius 2 is 2.14 bits per heavy atom. The van der Waals surface area contributed by atoms with Gasteiger partial charge in [0.2, 0.25) is 0 Å². The van der Waals surface area contributed by atoms with Gasteiger partial charge in [-0.1, -0.05) is 11.6 Å². The van der Waals surface area contributed by atoms with Crippen molar-refractivity contribution in [3.8, 4) is 5.75 Å². The van der Waals surface area contributed by atoms with Crippen molar-refractivity contribution in [2.45, 2.75) is 19.6 Å². The maximum Gasteiger partial charge on any atom is 0.367 e. The van der Waals surface area contributed by atoms with Crippen LogP contribution in [0.3, 0.4) is 0 Å². The van der Waals surface area contributed by atoms with Crippen LogP contribution in [0.1, 0.15) is 19.4 Å². The molecule has 1 atom stereocenters. The van der Waals surface area contributed by atoms with E-state index in [9.17, 15) is 9.59 Å². The average Bonchev–Trinajstić information content (AvgIpc) is 2.44. The number of carbonyl (C=O) groups is 2. The Kier molecular flexibility index (Phi) is 5.37. The third-order valence-corrected chi connectivity index (χ3v) is 4.48.